The molecule has 1 aromatic heterocycles. The molecule has 0 N–H and O–H groups in total. The van der Waals surface area contributed by atoms with Gasteiger partial charge in [0.2, 0.25) is 0 Å². The van der Waals surface area contributed by atoms with Crippen LogP contribution in [0.3, 0.4) is 0 Å². The summed E-state index contributed by atoms with van der Waals surface area (Å²) in [6, 6.07) is 15.0. The van der Waals surface area contributed by atoms with Gasteiger partial charge in [0, 0.05) is 18.1 Å². The number of hydrogen-bond donors (Lipinski definition) is 0. The monoisotopic (exact) mass is 395 g/mol. The zero-order valence-corrected chi connectivity index (χ0v) is 16.4. The van der Waals surface area contributed by atoms with Crippen molar-refractivity contribution in [1.82, 2.24) is 4.57 Å². The minimum atomic E-state index is -0.391. The number of benzene rings is 2. The number of hydrogen-bond acceptors (Lipinski definition) is 5. The van der Waals surface area contributed by atoms with Crippen LogP contribution in [0.25, 0.3) is 11.3 Å². The summed E-state index contributed by atoms with van der Waals surface area (Å²) in [5.74, 6) is 0. The molecular weight excluding hydrogens is 374 g/mol. The van der Waals surface area contributed by atoms with Gasteiger partial charge in [0.05, 0.1) is 23.3 Å². The lowest BCUT2D eigenvalue weighted by atomic mass is 10.1. The van der Waals surface area contributed by atoms with Gasteiger partial charge in [-0.2, -0.15) is 0 Å². The van der Waals surface area contributed by atoms with Gasteiger partial charge < -0.3 is 9.30 Å². The second-order valence-electron chi connectivity index (χ2n) is 6.87. The van der Waals surface area contributed by atoms with E-state index in [1.54, 1.807) is 18.2 Å². The Morgan fingerprint density at radius 3 is 2.75 bits per heavy atom. The average molecular weight is 395 g/mol. The number of rotatable bonds is 5. The minimum Gasteiger partial charge on any atom is -0.376 e. The normalized spacial score (nSPS) is 17.2. The number of nitro groups is 1. The highest BCUT2D eigenvalue weighted by atomic mass is 32.1. The molecule has 0 spiro atoms. The summed E-state index contributed by atoms with van der Waals surface area (Å²) in [6.07, 6.45) is 2.22. The van der Waals surface area contributed by atoms with E-state index in [-0.39, 0.29) is 11.8 Å². The molecule has 7 heteroatoms. The lowest BCUT2D eigenvalue weighted by molar-refractivity contribution is -0.384. The maximum Gasteiger partial charge on any atom is 0.294 e. The molecule has 0 saturated carbocycles. The predicted octanol–water partition coefficient (Wildman–Crippen LogP) is 4.84. The summed E-state index contributed by atoms with van der Waals surface area (Å²) in [6.45, 7) is 3.53. The Labute approximate surface area is 166 Å². The van der Waals surface area contributed by atoms with Crippen molar-refractivity contribution in [2.45, 2.75) is 32.4 Å². The van der Waals surface area contributed by atoms with Crippen molar-refractivity contribution in [2.75, 3.05) is 6.61 Å². The molecule has 4 rings (SSSR count). The van der Waals surface area contributed by atoms with Crippen LogP contribution in [0.5, 0.6) is 0 Å². The number of aromatic nitrogens is 1. The van der Waals surface area contributed by atoms with E-state index in [2.05, 4.69) is 46.1 Å². The molecule has 3 aromatic rings. The number of thiazole rings is 1. The van der Waals surface area contributed by atoms with Gasteiger partial charge in [-0.05, 0) is 31.4 Å². The van der Waals surface area contributed by atoms with Crippen LogP contribution in [-0.2, 0) is 11.3 Å². The molecule has 2 heterocycles. The topological polar surface area (TPSA) is 69.7 Å². The predicted molar refractivity (Wildman–Crippen MR) is 110 cm³/mol. The quantitative estimate of drug-likeness (QED) is 0.458. The van der Waals surface area contributed by atoms with E-state index in [4.69, 9.17) is 4.74 Å². The number of nitrogens with zero attached hydrogens (tertiary/aromatic N) is 3. The van der Waals surface area contributed by atoms with Crippen molar-refractivity contribution in [2.24, 2.45) is 4.99 Å². The van der Waals surface area contributed by atoms with Gasteiger partial charge in [0.15, 0.2) is 4.80 Å². The van der Waals surface area contributed by atoms with Crippen molar-refractivity contribution in [1.29, 1.82) is 0 Å². The third kappa shape index (κ3) is 3.90. The zero-order chi connectivity index (χ0) is 19.5. The second kappa shape index (κ2) is 8.08. The largest absolute Gasteiger partial charge is 0.376 e. The maximum atomic E-state index is 11.4. The summed E-state index contributed by atoms with van der Waals surface area (Å²) in [5.41, 5.74) is 3.73. The SMILES string of the molecule is Cc1ccc(-c2csc(=Nc3ccccc3[N+](=O)[O-])n2CC2CCCO2)cc1. The molecule has 6 nitrogen and oxygen atoms in total. The highest BCUT2D eigenvalue weighted by molar-refractivity contribution is 7.07. The molecule has 0 radical (unpaired) electrons. The second-order valence-corrected chi connectivity index (χ2v) is 7.71. The Morgan fingerprint density at radius 1 is 1.25 bits per heavy atom. The molecule has 1 atom stereocenters. The molecule has 1 saturated heterocycles. The first-order chi connectivity index (χ1) is 13.6. The molecule has 1 aliphatic heterocycles. The summed E-state index contributed by atoms with van der Waals surface area (Å²) >= 11 is 1.49. The highest BCUT2D eigenvalue weighted by Gasteiger charge is 2.19. The fourth-order valence-corrected chi connectivity index (χ4v) is 4.29. The van der Waals surface area contributed by atoms with E-state index in [1.165, 1.54) is 23.0 Å². The zero-order valence-electron chi connectivity index (χ0n) is 15.6. The minimum absolute atomic E-state index is 0.0106. The third-order valence-electron chi connectivity index (χ3n) is 4.85. The van der Waals surface area contributed by atoms with Gasteiger partial charge >= 0.3 is 0 Å². The van der Waals surface area contributed by atoms with Crippen LogP contribution in [-0.4, -0.2) is 22.2 Å². The van der Waals surface area contributed by atoms with E-state index < -0.39 is 4.92 Å². The van der Waals surface area contributed by atoms with Crippen LogP contribution in [0.1, 0.15) is 18.4 Å². The van der Waals surface area contributed by atoms with Crippen molar-refractivity contribution in [3.05, 3.63) is 74.4 Å². The molecule has 144 valence electrons. The summed E-state index contributed by atoms with van der Waals surface area (Å²) in [5, 5.41) is 13.4. The Morgan fingerprint density at radius 2 is 2.04 bits per heavy atom. The van der Waals surface area contributed by atoms with Gasteiger partial charge in [-0.3, -0.25) is 10.1 Å². The van der Waals surface area contributed by atoms with E-state index in [0.29, 0.717) is 12.2 Å². The number of nitro benzene ring substituents is 1. The number of para-hydroxylation sites is 2. The fraction of sp³-hybridized carbons (Fsp3) is 0.286. The molecule has 1 unspecified atom stereocenters. The summed E-state index contributed by atoms with van der Waals surface area (Å²) in [4.78, 5) is 16.4. The first-order valence-electron chi connectivity index (χ1n) is 9.27. The van der Waals surface area contributed by atoms with Crippen LogP contribution < -0.4 is 4.80 Å². The lowest BCUT2D eigenvalue weighted by Gasteiger charge is -2.14. The molecule has 1 fully saturated rings. The first kappa shape index (κ1) is 18.6. The first-order valence-corrected chi connectivity index (χ1v) is 10.1. The average Bonchev–Trinajstić information content (AvgIpc) is 3.34. The fourth-order valence-electron chi connectivity index (χ4n) is 3.36. The van der Waals surface area contributed by atoms with Crippen molar-refractivity contribution in [3.8, 4) is 11.3 Å². The van der Waals surface area contributed by atoms with Gasteiger partial charge in [0.1, 0.15) is 5.69 Å². The van der Waals surface area contributed by atoms with E-state index >= 15 is 0 Å². The molecular formula is C21H21N3O3S. The van der Waals surface area contributed by atoms with Crippen molar-refractivity contribution >= 4 is 22.7 Å². The van der Waals surface area contributed by atoms with Gasteiger partial charge in [0.25, 0.3) is 5.69 Å². The summed E-state index contributed by atoms with van der Waals surface area (Å²) < 4.78 is 7.96. The molecule has 2 aromatic carbocycles. The smallest absolute Gasteiger partial charge is 0.294 e. The van der Waals surface area contributed by atoms with Gasteiger partial charge in [-0.15, -0.1) is 11.3 Å². The Bertz CT molecular complexity index is 1050. The van der Waals surface area contributed by atoms with E-state index in [0.717, 1.165) is 35.5 Å². The van der Waals surface area contributed by atoms with Crippen molar-refractivity contribution < 1.29 is 9.66 Å². The highest BCUT2D eigenvalue weighted by Crippen LogP contribution is 2.27. The third-order valence-corrected chi connectivity index (χ3v) is 5.71. The molecule has 0 amide bonds. The summed E-state index contributed by atoms with van der Waals surface area (Å²) in [7, 11) is 0. The Hall–Kier alpha value is -2.77. The molecule has 0 aliphatic carbocycles. The lowest BCUT2D eigenvalue weighted by Crippen LogP contribution is -2.24. The van der Waals surface area contributed by atoms with Crippen LogP contribution >= 0.6 is 11.3 Å². The molecule has 1 aliphatic rings. The van der Waals surface area contributed by atoms with Crippen LogP contribution in [0.15, 0.2) is 58.9 Å². The number of ether oxygens (including phenoxy) is 1. The molecule has 28 heavy (non-hydrogen) atoms. The Balaban J connectivity index is 1.83. The van der Waals surface area contributed by atoms with Crippen LogP contribution in [0.4, 0.5) is 11.4 Å². The van der Waals surface area contributed by atoms with Crippen LogP contribution in [0, 0.1) is 17.0 Å². The van der Waals surface area contributed by atoms with E-state index in [9.17, 15) is 10.1 Å². The standard InChI is InChI=1S/C21H21N3O3S/c1-15-8-10-16(11-9-15)20-14-28-21(23(20)13-17-5-4-12-27-17)22-18-6-2-3-7-19(18)24(25)26/h2-3,6-11,14,17H,4-5,12-13H2,1H3. The van der Waals surface area contributed by atoms with Gasteiger partial charge in [-0.1, -0.05) is 42.0 Å². The van der Waals surface area contributed by atoms with Crippen molar-refractivity contribution in [3.63, 3.8) is 0 Å². The number of aryl methyl sites for hydroxylation is 1. The molecule has 0 bridgehead atoms. The van der Waals surface area contributed by atoms with Crippen LogP contribution in [0.2, 0.25) is 0 Å². The maximum absolute atomic E-state index is 11.4. The Kier molecular flexibility index (Phi) is 5.36. The van der Waals surface area contributed by atoms with Gasteiger partial charge in [-0.25, -0.2) is 4.99 Å². The van der Waals surface area contributed by atoms with E-state index in [1.807, 2.05) is 0 Å².